The van der Waals surface area contributed by atoms with Crippen LogP contribution in [0.4, 0.5) is 10.5 Å². The zero-order valence-corrected chi connectivity index (χ0v) is 14.6. The Hall–Kier alpha value is -1.27. The zero-order valence-electron chi connectivity index (χ0n) is 12.3. The predicted octanol–water partition coefficient (Wildman–Crippen LogP) is 4.48. The van der Waals surface area contributed by atoms with E-state index in [1.165, 1.54) is 5.56 Å². The van der Waals surface area contributed by atoms with Gasteiger partial charge in [-0.05, 0) is 54.7 Å². The van der Waals surface area contributed by atoms with Crippen LogP contribution in [0.15, 0.2) is 35.0 Å². The number of likely N-dealkylation sites (N-methyl/N-ethyl adjacent to an activating group) is 1. The molecule has 0 saturated heterocycles. The van der Waals surface area contributed by atoms with Gasteiger partial charge < -0.3 is 15.5 Å². The van der Waals surface area contributed by atoms with Gasteiger partial charge in [0.15, 0.2) is 0 Å². The van der Waals surface area contributed by atoms with Crippen molar-refractivity contribution in [2.45, 2.75) is 6.04 Å². The van der Waals surface area contributed by atoms with Gasteiger partial charge in [0, 0.05) is 11.6 Å². The molecule has 4 nitrogen and oxygen atoms in total. The van der Waals surface area contributed by atoms with E-state index in [1.807, 2.05) is 19.5 Å². The van der Waals surface area contributed by atoms with E-state index in [-0.39, 0.29) is 12.1 Å². The monoisotopic (exact) mass is 357 g/mol. The molecule has 0 aliphatic carbocycles. The zero-order chi connectivity index (χ0) is 16.1. The number of carbonyl (C=O) groups is 1. The molecule has 0 spiro atoms. The summed E-state index contributed by atoms with van der Waals surface area (Å²) in [4.78, 5) is 14.1. The number of carbonyl (C=O) groups excluding carboxylic acids is 1. The fourth-order valence-electron chi connectivity index (χ4n) is 2.01. The second-order valence-electron chi connectivity index (χ2n) is 5.00. The van der Waals surface area contributed by atoms with E-state index in [0.717, 1.165) is 0 Å². The molecule has 118 valence electrons. The van der Waals surface area contributed by atoms with Crippen LogP contribution >= 0.6 is 34.5 Å². The average molecular weight is 358 g/mol. The molecule has 0 radical (unpaired) electrons. The van der Waals surface area contributed by atoms with Gasteiger partial charge in [-0.1, -0.05) is 23.2 Å². The fraction of sp³-hybridized carbons (Fsp3) is 0.267. The summed E-state index contributed by atoms with van der Waals surface area (Å²) >= 11 is 13.5. The minimum atomic E-state index is -0.300. The highest BCUT2D eigenvalue weighted by Crippen LogP contribution is 2.25. The third-order valence-corrected chi connectivity index (χ3v) is 4.44. The lowest BCUT2D eigenvalue weighted by molar-refractivity contribution is 0.243. The summed E-state index contributed by atoms with van der Waals surface area (Å²) in [5.74, 6) is 0. The van der Waals surface area contributed by atoms with Crippen LogP contribution in [0.2, 0.25) is 10.0 Å². The summed E-state index contributed by atoms with van der Waals surface area (Å²) < 4.78 is 0. The molecule has 0 aliphatic rings. The molecule has 1 heterocycles. The summed E-state index contributed by atoms with van der Waals surface area (Å²) in [5.41, 5.74) is 1.71. The number of benzene rings is 1. The Balaban J connectivity index is 1.94. The second kappa shape index (κ2) is 7.83. The standard InChI is InChI=1S/C15H17Cl2N3OS/c1-20(2)14(10-5-6-22-9-10)8-18-15(21)19-13-4-3-11(16)7-12(13)17/h3-7,9,14H,8H2,1-2H3,(H2,18,19,21). The van der Waals surface area contributed by atoms with Crippen molar-refractivity contribution in [1.29, 1.82) is 0 Å². The molecule has 2 amide bonds. The van der Waals surface area contributed by atoms with E-state index in [9.17, 15) is 4.79 Å². The van der Waals surface area contributed by atoms with Crippen molar-refractivity contribution in [2.24, 2.45) is 0 Å². The van der Waals surface area contributed by atoms with E-state index in [2.05, 4.69) is 27.0 Å². The summed E-state index contributed by atoms with van der Waals surface area (Å²) in [6.45, 7) is 0.501. The van der Waals surface area contributed by atoms with Crippen molar-refractivity contribution in [3.63, 3.8) is 0 Å². The number of nitrogens with zero attached hydrogens (tertiary/aromatic N) is 1. The van der Waals surface area contributed by atoms with Crippen LogP contribution in [0.1, 0.15) is 11.6 Å². The number of halogens is 2. The first-order valence-corrected chi connectivity index (χ1v) is 8.35. The predicted molar refractivity (Wildman–Crippen MR) is 94.2 cm³/mol. The first-order valence-electron chi connectivity index (χ1n) is 6.66. The summed E-state index contributed by atoms with van der Waals surface area (Å²) in [7, 11) is 3.97. The fourth-order valence-corrected chi connectivity index (χ4v) is 3.17. The van der Waals surface area contributed by atoms with Crippen LogP contribution in [0.25, 0.3) is 0 Å². The van der Waals surface area contributed by atoms with E-state index in [0.29, 0.717) is 22.3 Å². The van der Waals surface area contributed by atoms with Gasteiger partial charge in [0.25, 0.3) is 0 Å². The molecular formula is C15H17Cl2N3OS. The number of rotatable bonds is 5. The van der Waals surface area contributed by atoms with E-state index >= 15 is 0 Å². The Kier molecular flexibility index (Phi) is 6.08. The maximum absolute atomic E-state index is 12.0. The van der Waals surface area contributed by atoms with Gasteiger partial charge in [0.1, 0.15) is 0 Å². The summed E-state index contributed by atoms with van der Waals surface area (Å²) in [6, 6.07) is 6.82. The minimum absolute atomic E-state index is 0.123. The number of thiophene rings is 1. The van der Waals surface area contributed by atoms with Crippen molar-refractivity contribution in [1.82, 2.24) is 10.2 Å². The number of hydrogen-bond donors (Lipinski definition) is 2. The lowest BCUT2D eigenvalue weighted by atomic mass is 10.1. The lowest BCUT2D eigenvalue weighted by Crippen LogP contribution is -2.36. The molecule has 22 heavy (non-hydrogen) atoms. The van der Waals surface area contributed by atoms with E-state index in [1.54, 1.807) is 29.5 Å². The molecule has 0 fully saturated rings. The van der Waals surface area contributed by atoms with Crippen molar-refractivity contribution < 1.29 is 4.79 Å². The van der Waals surface area contributed by atoms with E-state index in [4.69, 9.17) is 23.2 Å². The van der Waals surface area contributed by atoms with Crippen molar-refractivity contribution in [2.75, 3.05) is 26.0 Å². The molecule has 1 aromatic heterocycles. The van der Waals surface area contributed by atoms with Gasteiger partial charge in [0.05, 0.1) is 16.8 Å². The van der Waals surface area contributed by atoms with Crippen LogP contribution < -0.4 is 10.6 Å². The van der Waals surface area contributed by atoms with Gasteiger partial charge in [-0.25, -0.2) is 4.79 Å². The van der Waals surface area contributed by atoms with Crippen LogP contribution in [0.3, 0.4) is 0 Å². The Bertz CT molecular complexity index is 632. The van der Waals surface area contributed by atoms with Crippen LogP contribution in [-0.4, -0.2) is 31.6 Å². The Labute approximate surface area is 144 Å². The molecule has 2 N–H and O–H groups in total. The summed E-state index contributed by atoms with van der Waals surface area (Å²) in [5, 5.41) is 10.6. The quantitative estimate of drug-likeness (QED) is 0.828. The molecule has 0 bridgehead atoms. The van der Waals surface area contributed by atoms with Gasteiger partial charge >= 0.3 is 6.03 Å². The topological polar surface area (TPSA) is 44.4 Å². The minimum Gasteiger partial charge on any atom is -0.336 e. The number of urea groups is 1. The highest BCUT2D eigenvalue weighted by Gasteiger charge is 2.16. The van der Waals surface area contributed by atoms with Crippen molar-refractivity contribution in [3.8, 4) is 0 Å². The molecule has 1 unspecified atom stereocenters. The Morgan fingerprint density at radius 3 is 2.68 bits per heavy atom. The molecule has 7 heteroatoms. The largest absolute Gasteiger partial charge is 0.336 e. The highest BCUT2D eigenvalue weighted by atomic mass is 35.5. The van der Waals surface area contributed by atoms with Crippen LogP contribution in [-0.2, 0) is 0 Å². The Morgan fingerprint density at radius 2 is 2.09 bits per heavy atom. The number of hydrogen-bond acceptors (Lipinski definition) is 3. The first kappa shape index (κ1) is 17.1. The smallest absolute Gasteiger partial charge is 0.319 e. The van der Waals surface area contributed by atoms with Crippen molar-refractivity contribution >= 4 is 46.3 Å². The molecular weight excluding hydrogens is 341 g/mol. The van der Waals surface area contributed by atoms with Gasteiger partial charge in [0.2, 0.25) is 0 Å². The van der Waals surface area contributed by atoms with Gasteiger partial charge in [-0.15, -0.1) is 0 Å². The number of amides is 2. The third kappa shape index (κ3) is 4.61. The molecule has 2 aromatic rings. The third-order valence-electron chi connectivity index (χ3n) is 3.19. The average Bonchev–Trinajstić information content (AvgIpc) is 2.96. The maximum Gasteiger partial charge on any atom is 0.319 e. The molecule has 0 aliphatic heterocycles. The van der Waals surface area contributed by atoms with Crippen LogP contribution in [0.5, 0.6) is 0 Å². The highest BCUT2D eigenvalue weighted by molar-refractivity contribution is 7.07. The second-order valence-corrected chi connectivity index (χ2v) is 6.62. The van der Waals surface area contributed by atoms with Gasteiger partial charge in [-0.2, -0.15) is 11.3 Å². The normalized spacial score (nSPS) is 12.2. The first-order chi connectivity index (χ1) is 10.5. The molecule has 1 aromatic carbocycles. The van der Waals surface area contributed by atoms with Crippen molar-refractivity contribution in [3.05, 3.63) is 50.6 Å². The molecule has 2 rings (SSSR count). The molecule has 1 atom stereocenters. The maximum atomic E-state index is 12.0. The van der Waals surface area contributed by atoms with Crippen LogP contribution in [0, 0.1) is 0 Å². The van der Waals surface area contributed by atoms with E-state index < -0.39 is 0 Å². The lowest BCUT2D eigenvalue weighted by Gasteiger charge is -2.24. The number of anilines is 1. The summed E-state index contributed by atoms with van der Waals surface area (Å²) in [6.07, 6.45) is 0. The molecule has 0 saturated carbocycles. The Morgan fingerprint density at radius 1 is 1.32 bits per heavy atom. The van der Waals surface area contributed by atoms with Gasteiger partial charge in [-0.3, -0.25) is 0 Å². The number of nitrogens with one attached hydrogen (secondary N) is 2. The SMILES string of the molecule is CN(C)C(CNC(=O)Nc1ccc(Cl)cc1Cl)c1ccsc1.